The zero-order chi connectivity index (χ0) is 17.1. The van der Waals surface area contributed by atoms with Crippen LogP contribution < -0.4 is 5.32 Å². The van der Waals surface area contributed by atoms with Crippen molar-refractivity contribution >= 4 is 28.3 Å². The lowest BCUT2D eigenvalue weighted by atomic mass is 9.88. The van der Waals surface area contributed by atoms with Crippen LogP contribution in [0.5, 0.6) is 0 Å². The number of carbonyl (C=O) groups excluding carboxylic acids is 2. The van der Waals surface area contributed by atoms with Crippen molar-refractivity contribution in [3.8, 4) is 0 Å². The molecule has 0 heterocycles. The first kappa shape index (κ1) is 18.5. The monoisotopic (exact) mass is 377 g/mol. The van der Waals surface area contributed by atoms with E-state index in [0.717, 1.165) is 0 Å². The molecule has 1 N–H and O–H groups in total. The molecule has 0 aliphatic heterocycles. The van der Waals surface area contributed by atoms with E-state index in [0.29, 0.717) is 12.4 Å². The van der Waals surface area contributed by atoms with Crippen LogP contribution in [0.25, 0.3) is 0 Å². The highest BCUT2D eigenvalue weighted by Gasteiger charge is 2.33. The number of halogens is 3. The molecule has 1 rings (SSSR count). The summed E-state index contributed by atoms with van der Waals surface area (Å²) in [5, 5.41) is 2.48. The number of ether oxygens (including phenoxy) is 1. The van der Waals surface area contributed by atoms with E-state index < -0.39 is 28.9 Å². The molecule has 1 aromatic carbocycles. The maximum Gasteiger partial charge on any atom is 0.408 e. The minimum atomic E-state index is -1.36. The van der Waals surface area contributed by atoms with Gasteiger partial charge in [0.15, 0.2) is 0 Å². The molecular formula is C15H18BrF2NO3. The highest BCUT2D eigenvalue weighted by atomic mass is 79.9. The second kappa shape index (κ2) is 6.73. The first-order valence-corrected chi connectivity index (χ1v) is 7.37. The lowest BCUT2D eigenvalue weighted by Crippen LogP contribution is -2.46. The second-order valence-electron chi connectivity index (χ2n) is 6.08. The summed E-state index contributed by atoms with van der Waals surface area (Å²) in [7, 11) is 0. The van der Waals surface area contributed by atoms with Crippen LogP contribution in [-0.4, -0.2) is 18.0 Å². The first-order valence-electron chi connectivity index (χ1n) is 6.58. The predicted molar refractivity (Wildman–Crippen MR) is 81.5 cm³/mol. The van der Waals surface area contributed by atoms with Crippen molar-refractivity contribution in [2.24, 2.45) is 0 Å². The highest BCUT2D eigenvalue weighted by Crippen LogP contribution is 2.31. The zero-order valence-corrected chi connectivity index (χ0v) is 14.4. The molecule has 0 saturated carbocycles. The number of amides is 1. The maximum atomic E-state index is 14.1. The van der Waals surface area contributed by atoms with E-state index in [4.69, 9.17) is 4.74 Å². The van der Waals surface area contributed by atoms with Crippen molar-refractivity contribution < 1.29 is 23.1 Å². The molecule has 0 fully saturated rings. The minimum absolute atomic E-state index is 0.0151. The molecule has 0 bridgehead atoms. The predicted octanol–water partition coefficient (Wildman–Crippen LogP) is 4.06. The van der Waals surface area contributed by atoms with Gasteiger partial charge in [0.25, 0.3) is 0 Å². The molecule has 7 heteroatoms. The Kier molecular flexibility index (Phi) is 5.67. The number of hydrogen-bond acceptors (Lipinski definition) is 3. The zero-order valence-electron chi connectivity index (χ0n) is 12.8. The Hall–Kier alpha value is -1.50. The highest BCUT2D eigenvalue weighted by molar-refractivity contribution is 9.10. The summed E-state index contributed by atoms with van der Waals surface area (Å²) in [5.41, 5.74) is -2.11. The standard InChI is InChI=1S/C15H18BrF2NO3/c1-14(2,3)22-13(21)19-15(4,5-6-20)9-7-10(16)12(18)8-11(9)17/h6-8H,5H2,1-4H3,(H,19,21). The normalized spacial score (nSPS) is 14.1. The maximum absolute atomic E-state index is 14.1. The lowest BCUT2D eigenvalue weighted by molar-refractivity contribution is -0.109. The molecule has 1 atom stereocenters. The van der Waals surface area contributed by atoms with Gasteiger partial charge in [-0.1, -0.05) is 0 Å². The molecule has 0 aliphatic rings. The third-order valence-electron chi connectivity index (χ3n) is 2.87. The summed E-state index contributed by atoms with van der Waals surface area (Å²) in [6.45, 7) is 6.50. The molecule has 1 unspecified atom stereocenters. The summed E-state index contributed by atoms with van der Waals surface area (Å²) < 4.78 is 32.6. The Bertz CT molecular complexity index is 587. The molecule has 22 heavy (non-hydrogen) atoms. The smallest absolute Gasteiger partial charge is 0.408 e. The van der Waals surface area contributed by atoms with Crippen LogP contribution >= 0.6 is 15.9 Å². The Morgan fingerprint density at radius 3 is 2.36 bits per heavy atom. The molecule has 122 valence electrons. The lowest BCUT2D eigenvalue weighted by Gasteiger charge is -2.31. The molecule has 0 aromatic heterocycles. The van der Waals surface area contributed by atoms with E-state index >= 15 is 0 Å². The fourth-order valence-corrected chi connectivity index (χ4v) is 2.21. The third-order valence-corrected chi connectivity index (χ3v) is 3.48. The number of nitrogens with one attached hydrogen (secondary N) is 1. The van der Waals surface area contributed by atoms with Crippen LogP contribution in [-0.2, 0) is 15.1 Å². The quantitative estimate of drug-likeness (QED) is 0.635. The van der Waals surface area contributed by atoms with Gasteiger partial charge in [-0.2, -0.15) is 0 Å². The van der Waals surface area contributed by atoms with E-state index in [1.54, 1.807) is 20.8 Å². The van der Waals surface area contributed by atoms with Crippen LogP contribution in [0, 0.1) is 11.6 Å². The van der Waals surface area contributed by atoms with Gasteiger partial charge in [-0.25, -0.2) is 13.6 Å². The van der Waals surface area contributed by atoms with E-state index in [1.165, 1.54) is 13.0 Å². The molecule has 1 amide bonds. The molecule has 0 saturated heterocycles. The van der Waals surface area contributed by atoms with Crippen molar-refractivity contribution in [3.05, 3.63) is 33.8 Å². The summed E-state index contributed by atoms with van der Waals surface area (Å²) in [6.07, 6.45) is -0.438. The Morgan fingerprint density at radius 1 is 1.27 bits per heavy atom. The van der Waals surface area contributed by atoms with Gasteiger partial charge in [0.2, 0.25) is 0 Å². The van der Waals surface area contributed by atoms with Crippen LogP contribution in [0.2, 0.25) is 0 Å². The summed E-state index contributed by atoms with van der Waals surface area (Å²) in [4.78, 5) is 22.9. The SMILES string of the molecule is CC(C)(C)OC(=O)NC(C)(CC=O)c1cc(Br)c(F)cc1F. The summed E-state index contributed by atoms with van der Waals surface area (Å²) in [5.74, 6) is -1.63. The van der Waals surface area contributed by atoms with Gasteiger partial charge in [-0.3, -0.25) is 0 Å². The molecule has 4 nitrogen and oxygen atoms in total. The van der Waals surface area contributed by atoms with E-state index in [9.17, 15) is 18.4 Å². The number of aldehydes is 1. The fraction of sp³-hybridized carbons (Fsp3) is 0.467. The van der Waals surface area contributed by atoms with Crippen LogP contribution in [0.4, 0.5) is 13.6 Å². The van der Waals surface area contributed by atoms with Gasteiger partial charge in [-0.05, 0) is 49.7 Å². The summed E-state index contributed by atoms with van der Waals surface area (Å²) >= 11 is 2.96. The van der Waals surface area contributed by atoms with Crippen LogP contribution in [0.1, 0.15) is 39.7 Å². The number of hydrogen-bond donors (Lipinski definition) is 1. The third kappa shape index (κ3) is 4.76. The topological polar surface area (TPSA) is 55.4 Å². The molecule has 1 aromatic rings. The minimum Gasteiger partial charge on any atom is -0.444 e. The number of rotatable bonds is 4. The van der Waals surface area contributed by atoms with Gasteiger partial charge in [-0.15, -0.1) is 0 Å². The van der Waals surface area contributed by atoms with Crippen LogP contribution in [0.3, 0.4) is 0 Å². The Labute approximate surface area is 136 Å². The van der Waals surface area contributed by atoms with E-state index in [1.807, 2.05) is 0 Å². The van der Waals surface area contributed by atoms with Gasteiger partial charge in [0.05, 0.1) is 10.0 Å². The molecular weight excluding hydrogens is 360 g/mol. The van der Waals surface area contributed by atoms with Crippen molar-refractivity contribution in [1.29, 1.82) is 0 Å². The summed E-state index contributed by atoms with van der Waals surface area (Å²) in [6, 6.07) is 1.89. The van der Waals surface area contributed by atoms with Crippen molar-refractivity contribution in [1.82, 2.24) is 5.32 Å². The second-order valence-corrected chi connectivity index (χ2v) is 6.93. The van der Waals surface area contributed by atoms with Gasteiger partial charge in [0.1, 0.15) is 23.5 Å². The molecule has 0 aliphatic carbocycles. The molecule has 0 spiro atoms. The number of benzene rings is 1. The Morgan fingerprint density at radius 2 is 1.86 bits per heavy atom. The van der Waals surface area contributed by atoms with Crippen molar-refractivity contribution in [2.45, 2.75) is 45.3 Å². The largest absolute Gasteiger partial charge is 0.444 e. The number of alkyl carbamates (subject to hydrolysis) is 1. The average Bonchev–Trinajstić information content (AvgIpc) is 2.31. The van der Waals surface area contributed by atoms with E-state index in [-0.39, 0.29) is 16.5 Å². The van der Waals surface area contributed by atoms with Gasteiger partial charge >= 0.3 is 6.09 Å². The molecule has 0 radical (unpaired) electrons. The Balaban J connectivity index is 3.18. The average molecular weight is 378 g/mol. The van der Waals surface area contributed by atoms with Gasteiger partial charge < -0.3 is 14.8 Å². The van der Waals surface area contributed by atoms with Crippen LogP contribution in [0.15, 0.2) is 16.6 Å². The van der Waals surface area contributed by atoms with E-state index in [2.05, 4.69) is 21.2 Å². The van der Waals surface area contributed by atoms with Crippen molar-refractivity contribution in [2.75, 3.05) is 0 Å². The van der Waals surface area contributed by atoms with Crippen molar-refractivity contribution in [3.63, 3.8) is 0 Å². The fourth-order valence-electron chi connectivity index (χ4n) is 1.87. The number of carbonyl (C=O) groups is 2. The van der Waals surface area contributed by atoms with Gasteiger partial charge in [0, 0.05) is 18.1 Å². The first-order chi connectivity index (χ1) is 9.98.